The van der Waals surface area contributed by atoms with Gasteiger partial charge in [-0.25, -0.2) is 8.42 Å². The minimum absolute atomic E-state index is 0.176. The first kappa shape index (κ1) is 35.3. The number of hydrogen-bond donors (Lipinski definition) is 3. The van der Waals surface area contributed by atoms with Gasteiger partial charge in [-0.3, -0.25) is 0 Å². The lowest BCUT2D eigenvalue weighted by molar-refractivity contribution is 0.172. The molecule has 0 aromatic heterocycles. The van der Waals surface area contributed by atoms with Gasteiger partial charge in [-0.2, -0.15) is 4.31 Å². The summed E-state index contributed by atoms with van der Waals surface area (Å²) in [7, 11) is -2.17. The standard InChI is InChI=1S/C34H46N4O6S2/c1-25(2)17-19-38(46(40,41)31-14-10-28(35)11-15-31)29(23-39)6-4-5-18-36-34(45)37(21-26-7-12-30(42-3)13-8-26)22-27-9-16-32-33(20-27)44-24-43-32/h7-16,20,25,29,39H,4-6,17-19,21-24,35H2,1-3H3,(H,36,45)/t29-/m0/s1. The summed E-state index contributed by atoms with van der Waals surface area (Å²) in [6.07, 6.45) is 2.66. The van der Waals surface area contributed by atoms with Crippen molar-refractivity contribution in [3.05, 3.63) is 77.9 Å². The maximum Gasteiger partial charge on any atom is 0.243 e. The number of benzene rings is 3. The van der Waals surface area contributed by atoms with E-state index in [9.17, 15) is 13.5 Å². The predicted molar refractivity (Wildman–Crippen MR) is 184 cm³/mol. The van der Waals surface area contributed by atoms with Gasteiger partial charge in [0.25, 0.3) is 0 Å². The zero-order valence-electron chi connectivity index (χ0n) is 26.9. The topological polar surface area (TPSA) is 127 Å². The van der Waals surface area contributed by atoms with Crippen LogP contribution in [0.25, 0.3) is 0 Å². The lowest BCUT2D eigenvalue weighted by Crippen LogP contribution is -2.43. The molecule has 250 valence electrons. The molecule has 3 aromatic carbocycles. The fourth-order valence-corrected chi connectivity index (χ4v) is 7.10. The molecule has 1 heterocycles. The molecule has 3 aromatic rings. The molecule has 4 N–H and O–H groups in total. The fraction of sp³-hybridized carbons (Fsp3) is 0.441. The number of anilines is 1. The van der Waals surface area contributed by atoms with Gasteiger partial charge in [0.15, 0.2) is 16.6 Å². The smallest absolute Gasteiger partial charge is 0.243 e. The van der Waals surface area contributed by atoms with E-state index in [1.807, 2.05) is 42.5 Å². The van der Waals surface area contributed by atoms with Crippen LogP contribution in [0.2, 0.25) is 0 Å². The fourth-order valence-electron chi connectivity index (χ4n) is 5.21. The zero-order chi connectivity index (χ0) is 33.1. The molecule has 0 spiro atoms. The molecular weight excluding hydrogens is 625 g/mol. The monoisotopic (exact) mass is 670 g/mol. The number of fused-ring (bicyclic) bond motifs is 1. The van der Waals surface area contributed by atoms with Gasteiger partial charge in [-0.05, 0) is 97.1 Å². The number of ether oxygens (including phenoxy) is 3. The van der Waals surface area contributed by atoms with E-state index >= 15 is 0 Å². The second-order valence-corrected chi connectivity index (χ2v) is 14.1. The number of nitrogen functional groups attached to an aromatic ring is 1. The third kappa shape index (κ3) is 9.71. The Hall–Kier alpha value is -3.58. The molecule has 0 amide bonds. The molecule has 0 bridgehead atoms. The molecule has 1 aliphatic rings. The number of thiocarbonyl (C=S) groups is 1. The van der Waals surface area contributed by atoms with Crippen molar-refractivity contribution >= 4 is 33.0 Å². The summed E-state index contributed by atoms with van der Waals surface area (Å²) in [5, 5.41) is 14.3. The van der Waals surface area contributed by atoms with Gasteiger partial charge in [0, 0.05) is 37.9 Å². The van der Waals surface area contributed by atoms with Gasteiger partial charge in [0.05, 0.1) is 18.6 Å². The van der Waals surface area contributed by atoms with Gasteiger partial charge in [-0.1, -0.05) is 38.5 Å². The maximum absolute atomic E-state index is 13.6. The maximum atomic E-state index is 13.6. The van der Waals surface area contributed by atoms with Crippen molar-refractivity contribution in [1.82, 2.24) is 14.5 Å². The van der Waals surface area contributed by atoms with E-state index in [1.54, 1.807) is 19.2 Å². The first-order valence-corrected chi connectivity index (χ1v) is 17.5. The molecule has 1 aliphatic heterocycles. The third-order valence-corrected chi connectivity index (χ3v) is 10.3. The van der Waals surface area contributed by atoms with E-state index in [0.29, 0.717) is 62.2 Å². The van der Waals surface area contributed by atoms with Gasteiger partial charge in [0.1, 0.15) is 5.75 Å². The Morgan fingerprint density at radius 1 is 0.978 bits per heavy atom. The highest BCUT2D eigenvalue weighted by Gasteiger charge is 2.31. The number of rotatable bonds is 17. The van der Waals surface area contributed by atoms with Crippen molar-refractivity contribution in [3.63, 3.8) is 0 Å². The van der Waals surface area contributed by atoms with Crippen molar-refractivity contribution in [1.29, 1.82) is 0 Å². The number of nitrogens with zero attached hydrogens (tertiary/aromatic N) is 2. The number of methoxy groups -OCH3 is 1. The van der Waals surface area contributed by atoms with Crippen LogP contribution < -0.4 is 25.3 Å². The van der Waals surface area contributed by atoms with Crippen molar-refractivity contribution in [2.24, 2.45) is 5.92 Å². The molecule has 46 heavy (non-hydrogen) atoms. The molecule has 10 nitrogen and oxygen atoms in total. The third-order valence-electron chi connectivity index (χ3n) is 7.90. The molecule has 1 atom stereocenters. The van der Waals surface area contributed by atoms with E-state index < -0.39 is 16.1 Å². The van der Waals surface area contributed by atoms with Crippen molar-refractivity contribution in [2.45, 2.75) is 63.6 Å². The van der Waals surface area contributed by atoms with E-state index in [-0.39, 0.29) is 18.3 Å². The van der Waals surface area contributed by atoms with Crippen molar-refractivity contribution in [2.75, 3.05) is 39.3 Å². The van der Waals surface area contributed by atoms with Crippen molar-refractivity contribution < 1.29 is 27.7 Å². The highest BCUT2D eigenvalue weighted by atomic mass is 32.2. The predicted octanol–water partition coefficient (Wildman–Crippen LogP) is 5.15. The van der Waals surface area contributed by atoms with E-state index in [1.165, 1.54) is 16.4 Å². The molecule has 0 unspecified atom stereocenters. The number of sulfonamides is 1. The molecule has 0 saturated heterocycles. The summed E-state index contributed by atoms with van der Waals surface area (Å²) >= 11 is 5.86. The van der Waals surface area contributed by atoms with Gasteiger partial charge < -0.3 is 35.3 Å². The molecule has 0 aliphatic carbocycles. The van der Waals surface area contributed by atoms with Crippen LogP contribution in [0.15, 0.2) is 71.6 Å². The Morgan fingerprint density at radius 3 is 2.33 bits per heavy atom. The van der Waals surface area contributed by atoms with Crippen LogP contribution in [0.4, 0.5) is 5.69 Å². The van der Waals surface area contributed by atoms with Gasteiger partial charge in [-0.15, -0.1) is 0 Å². The van der Waals surface area contributed by atoms with Crippen LogP contribution in [-0.2, 0) is 23.1 Å². The minimum Gasteiger partial charge on any atom is -0.497 e. The van der Waals surface area contributed by atoms with Crippen LogP contribution in [0.1, 0.15) is 50.7 Å². The Balaban J connectivity index is 1.37. The van der Waals surface area contributed by atoms with E-state index in [2.05, 4.69) is 24.1 Å². The van der Waals surface area contributed by atoms with Crippen LogP contribution in [0, 0.1) is 5.92 Å². The first-order valence-electron chi connectivity index (χ1n) is 15.6. The number of hydrogen-bond acceptors (Lipinski definition) is 8. The lowest BCUT2D eigenvalue weighted by Gasteiger charge is -2.30. The highest BCUT2D eigenvalue weighted by molar-refractivity contribution is 7.89. The summed E-state index contributed by atoms with van der Waals surface area (Å²) in [6.45, 7) is 6.16. The summed E-state index contributed by atoms with van der Waals surface area (Å²) in [5.41, 5.74) is 8.41. The van der Waals surface area contributed by atoms with E-state index in [0.717, 1.165) is 34.8 Å². The van der Waals surface area contributed by atoms with Gasteiger partial charge in [0.2, 0.25) is 16.8 Å². The summed E-state index contributed by atoms with van der Waals surface area (Å²) < 4.78 is 45.1. The highest BCUT2D eigenvalue weighted by Crippen LogP contribution is 2.33. The Morgan fingerprint density at radius 2 is 1.65 bits per heavy atom. The normalized spacial score (nSPS) is 13.2. The SMILES string of the molecule is COc1ccc(CN(Cc2ccc3c(c2)OCO3)C(=S)NCCCC[C@@H](CO)N(CCC(C)C)S(=O)(=O)c2ccc(N)cc2)cc1. The Bertz CT molecular complexity index is 1520. The number of aliphatic hydroxyl groups is 1. The molecule has 0 saturated carbocycles. The largest absolute Gasteiger partial charge is 0.497 e. The number of nitrogens with one attached hydrogen (secondary N) is 1. The second-order valence-electron chi connectivity index (χ2n) is 11.8. The van der Waals surface area contributed by atoms with Crippen LogP contribution in [-0.4, -0.2) is 67.5 Å². The zero-order valence-corrected chi connectivity index (χ0v) is 28.5. The van der Waals surface area contributed by atoms with Crippen LogP contribution in [0.3, 0.4) is 0 Å². The van der Waals surface area contributed by atoms with Crippen LogP contribution >= 0.6 is 12.2 Å². The molecular formula is C34H46N4O6S2. The van der Waals surface area contributed by atoms with Crippen LogP contribution in [0.5, 0.6) is 17.2 Å². The number of unbranched alkanes of at least 4 members (excludes halogenated alkanes) is 1. The Kier molecular flexibility index (Phi) is 12.9. The quantitative estimate of drug-likeness (QED) is 0.101. The summed E-state index contributed by atoms with van der Waals surface area (Å²) in [5.74, 6) is 2.56. The van der Waals surface area contributed by atoms with E-state index in [4.69, 9.17) is 32.2 Å². The molecule has 0 radical (unpaired) electrons. The minimum atomic E-state index is -3.81. The number of nitrogens with two attached hydrogens (primary N) is 1. The second kappa shape index (κ2) is 16.8. The molecule has 4 rings (SSSR count). The summed E-state index contributed by atoms with van der Waals surface area (Å²) in [6, 6.07) is 19.5. The summed E-state index contributed by atoms with van der Waals surface area (Å²) in [4.78, 5) is 2.27. The van der Waals surface area contributed by atoms with Gasteiger partial charge >= 0.3 is 0 Å². The molecule has 0 fully saturated rings. The van der Waals surface area contributed by atoms with Crippen molar-refractivity contribution in [3.8, 4) is 17.2 Å². The molecule has 12 heteroatoms. The first-order chi connectivity index (χ1) is 22.1. The Labute approximate surface area is 278 Å². The number of aliphatic hydroxyl groups excluding tert-OH is 1. The average molecular weight is 671 g/mol. The lowest BCUT2D eigenvalue weighted by atomic mass is 10.1. The average Bonchev–Trinajstić information content (AvgIpc) is 3.51.